The molecule has 0 aliphatic heterocycles. The van der Waals surface area contributed by atoms with Crippen LogP contribution in [0.3, 0.4) is 0 Å². The number of hydrogen-bond acceptors (Lipinski definition) is 4. The van der Waals surface area contributed by atoms with Crippen LogP contribution in [0.1, 0.15) is 6.92 Å². The van der Waals surface area contributed by atoms with Crippen molar-refractivity contribution in [3.05, 3.63) is 17.5 Å². The predicted molar refractivity (Wildman–Crippen MR) is 54.1 cm³/mol. The van der Waals surface area contributed by atoms with Gasteiger partial charge in [-0.1, -0.05) is 11.6 Å². The lowest BCUT2D eigenvalue weighted by Crippen LogP contribution is -2.34. The van der Waals surface area contributed by atoms with Crippen molar-refractivity contribution in [2.24, 2.45) is 5.73 Å². The van der Waals surface area contributed by atoms with Crippen molar-refractivity contribution in [3.8, 4) is 0 Å². The summed E-state index contributed by atoms with van der Waals surface area (Å²) in [6.07, 6.45) is 2.97. The first-order chi connectivity index (χ1) is 6.63. The average Bonchev–Trinajstić information content (AvgIpc) is 2.14. The molecule has 76 valence electrons. The third kappa shape index (κ3) is 2.85. The van der Waals surface area contributed by atoms with Gasteiger partial charge in [-0.25, -0.2) is 4.98 Å². The molecule has 1 rings (SSSR count). The zero-order chi connectivity index (χ0) is 10.6. The van der Waals surface area contributed by atoms with Crippen LogP contribution in [-0.4, -0.2) is 29.0 Å². The Morgan fingerprint density at radius 3 is 2.86 bits per heavy atom. The molecule has 0 atom stereocenters. The van der Waals surface area contributed by atoms with Gasteiger partial charge in [-0.3, -0.25) is 9.78 Å². The molecule has 14 heavy (non-hydrogen) atoms. The summed E-state index contributed by atoms with van der Waals surface area (Å²) in [6.45, 7) is 2.63. The van der Waals surface area contributed by atoms with E-state index in [1.165, 1.54) is 6.20 Å². The van der Waals surface area contributed by atoms with Gasteiger partial charge in [-0.2, -0.15) is 0 Å². The lowest BCUT2D eigenvalue weighted by Gasteiger charge is -2.19. The fourth-order valence-corrected chi connectivity index (χ4v) is 1.17. The Labute approximate surface area is 86.9 Å². The molecule has 0 aromatic carbocycles. The fourth-order valence-electron chi connectivity index (χ4n) is 1.03. The van der Waals surface area contributed by atoms with Crippen molar-refractivity contribution in [2.45, 2.75) is 6.92 Å². The number of carbonyl (C=O) groups excluding carboxylic acids is 1. The Morgan fingerprint density at radius 2 is 2.36 bits per heavy atom. The summed E-state index contributed by atoms with van der Waals surface area (Å²) in [6, 6.07) is 0. The van der Waals surface area contributed by atoms with E-state index in [-0.39, 0.29) is 6.54 Å². The normalized spacial score (nSPS) is 9.86. The number of rotatable bonds is 4. The Bertz CT molecular complexity index is 331. The fraction of sp³-hybridized carbons (Fsp3) is 0.375. The van der Waals surface area contributed by atoms with E-state index in [1.807, 2.05) is 6.92 Å². The van der Waals surface area contributed by atoms with Gasteiger partial charge in [-0.05, 0) is 6.92 Å². The molecular formula is C8H11ClN4O. The molecule has 0 aliphatic rings. The van der Waals surface area contributed by atoms with Crippen molar-refractivity contribution >= 4 is 23.3 Å². The molecule has 2 N–H and O–H groups in total. The molecule has 0 spiro atoms. The highest BCUT2D eigenvalue weighted by molar-refractivity contribution is 6.29. The Kier molecular flexibility index (Phi) is 3.64. The smallest absolute Gasteiger partial charge is 0.236 e. The predicted octanol–water partition coefficient (Wildman–Crippen LogP) is 0.442. The minimum atomic E-state index is -0.409. The van der Waals surface area contributed by atoms with Crippen LogP contribution in [0.25, 0.3) is 0 Å². The van der Waals surface area contributed by atoms with Gasteiger partial charge in [0.2, 0.25) is 5.91 Å². The lowest BCUT2D eigenvalue weighted by atomic mass is 10.4. The van der Waals surface area contributed by atoms with Crippen molar-refractivity contribution in [2.75, 3.05) is 18.0 Å². The molecule has 1 amide bonds. The van der Waals surface area contributed by atoms with Crippen molar-refractivity contribution in [1.29, 1.82) is 0 Å². The number of likely N-dealkylation sites (N-methyl/N-ethyl adjacent to an activating group) is 1. The molecule has 0 bridgehead atoms. The summed E-state index contributed by atoms with van der Waals surface area (Å²) >= 11 is 5.67. The minimum Gasteiger partial charge on any atom is -0.368 e. The van der Waals surface area contributed by atoms with E-state index >= 15 is 0 Å². The average molecular weight is 215 g/mol. The van der Waals surface area contributed by atoms with Gasteiger partial charge in [0, 0.05) is 6.54 Å². The van der Waals surface area contributed by atoms with Crippen LogP contribution in [0.4, 0.5) is 5.82 Å². The zero-order valence-corrected chi connectivity index (χ0v) is 8.53. The summed E-state index contributed by atoms with van der Waals surface area (Å²) in [5.74, 6) is 0.146. The molecule has 5 nitrogen and oxygen atoms in total. The van der Waals surface area contributed by atoms with Crippen molar-refractivity contribution < 1.29 is 4.79 Å². The van der Waals surface area contributed by atoms with E-state index in [0.717, 1.165) is 0 Å². The monoisotopic (exact) mass is 214 g/mol. The van der Waals surface area contributed by atoms with Crippen LogP contribution in [0, 0.1) is 0 Å². The Morgan fingerprint density at radius 1 is 1.64 bits per heavy atom. The molecular weight excluding hydrogens is 204 g/mol. The standard InChI is InChI=1S/C8H11ClN4O/c1-2-13(5-7(10)14)8-4-11-3-6(9)12-8/h3-4H,2,5H2,1H3,(H2,10,14). The van der Waals surface area contributed by atoms with Gasteiger partial charge in [0.05, 0.1) is 18.9 Å². The molecule has 0 fully saturated rings. The number of anilines is 1. The first-order valence-electron chi connectivity index (χ1n) is 4.14. The number of primary amides is 1. The third-order valence-corrected chi connectivity index (χ3v) is 1.83. The van der Waals surface area contributed by atoms with E-state index in [2.05, 4.69) is 9.97 Å². The van der Waals surface area contributed by atoms with Crippen LogP contribution >= 0.6 is 11.6 Å². The van der Waals surface area contributed by atoms with Crippen LogP contribution in [-0.2, 0) is 4.79 Å². The molecule has 1 aromatic rings. The second kappa shape index (κ2) is 4.76. The molecule has 6 heteroatoms. The van der Waals surface area contributed by atoms with Crippen molar-refractivity contribution in [1.82, 2.24) is 9.97 Å². The number of carbonyl (C=O) groups is 1. The second-order valence-electron chi connectivity index (χ2n) is 2.68. The zero-order valence-electron chi connectivity index (χ0n) is 7.77. The minimum absolute atomic E-state index is 0.117. The number of nitrogens with zero attached hydrogens (tertiary/aromatic N) is 3. The number of nitrogens with two attached hydrogens (primary N) is 1. The molecule has 1 heterocycles. The molecule has 1 aromatic heterocycles. The lowest BCUT2D eigenvalue weighted by molar-refractivity contribution is -0.116. The van der Waals surface area contributed by atoms with Crippen LogP contribution in [0.5, 0.6) is 0 Å². The van der Waals surface area contributed by atoms with Crippen LogP contribution in [0.15, 0.2) is 12.4 Å². The maximum atomic E-state index is 10.7. The molecule has 0 aliphatic carbocycles. The van der Waals surface area contributed by atoms with Gasteiger partial charge in [0.1, 0.15) is 11.0 Å². The molecule has 0 saturated heterocycles. The Hall–Kier alpha value is -1.36. The first-order valence-corrected chi connectivity index (χ1v) is 4.52. The summed E-state index contributed by atoms with van der Waals surface area (Å²) in [5, 5.41) is 0.297. The SMILES string of the molecule is CCN(CC(N)=O)c1cncc(Cl)n1. The Balaban J connectivity index is 2.83. The second-order valence-corrected chi connectivity index (χ2v) is 3.07. The molecule has 0 radical (unpaired) electrons. The van der Waals surface area contributed by atoms with Gasteiger partial charge >= 0.3 is 0 Å². The molecule has 0 unspecified atom stereocenters. The van der Waals surface area contributed by atoms with Gasteiger partial charge in [-0.15, -0.1) is 0 Å². The van der Waals surface area contributed by atoms with Crippen molar-refractivity contribution in [3.63, 3.8) is 0 Å². The maximum Gasteiger partial charge on any atom is 0.236 e. The highest BCUT2D eigenvalue weighted by Crippen LogP contribution is 2.11. The highest BCUT2D eigenvalue weighted by atomic mass is 35.5. The number of aromatic nitrogens is 2. The van der Waals surface area contributed by atoms with Gasteiger partial charge in [0.25, 0.3) is 0 Å². The number of amides is 1. The third-order valence-electron chi connectivity index (χ3n) is 1.64. The van der Waals surface area contributed by atoms with Gasteiger partial charge in [0.15, 0.2) is 0 Å². The maximum absolute atomic E-state index is 10.7. The van der Waals surface area contributed by atoms with E-state index in [4.69, 9.17) is 17.3 Å². The summed E-state index contributed by atoms with van der Waals surface area (Å²) in [5.41, 5.74) is 5.08. The number of hydrogen-bond donors (Lipinski definition) is 1. The molecule has 0 saturated carbocycles. The van der Waals surface area contributed by atoms with E-state index < -0.39 is 5.91 Å². The number of halogens is 1. The van der Waals surface area contributed by atoms with E-state index in [1.54, 1.807) is 11.1 Å². The summed E-state index contributed by atoms with van der Waals surface area (Å²) in [4.78, 5) is 20.3. The topological polar surface area (TPSA) is 72.1 Å². The highest BCUT2D eigenvalue weighted by Gasteiger charge is 2.08. The quantitative estimate of drug-likeness (QED) is 0.790. The van der Waals surface area contributed by atoms with Gasteiger partial charge < -0.3 is 10.6 Å². The van der Waals surface area contributed by atoms with Crippen LogP contribution in [0.2, 0.25) is 5.15 Å². The summed E-state index contributed by atoms with van der Waals surface area (Å²) < 4.78 is 0. The van der Waals surface area contributed by atoms with E-state index in [0.29, 0.717) is 17.5 Å². The van der Waals surface area contributed by atoms with E-state index in [9.17, 15) is 4.79 Å². The summed E-state index contributed by atoms with van der Waals surface area (Å²) in [7, 11) is 0. The largest absolute Gasteiger partial charge is 0.368 e. The first kappa shape index (κ1) is 10.7. The van der Waals surface area contributed by atoms with Crippen LogP contribution < -0.4 is 10.6 Å².